The lowest BCUT2D eigenvalue weighted by Crippen LogP contribution is -2.40. The van der Waals surface area contributed by atoms with E-state index in [0.29, 0.717) is 43.1 Å². The number of sulfonamides is 1. The molecule has 1 aliphatic heterocycles. The summed E-state index contributed by atoms with van der Waals surface area (Å²) in [4.78, 5) is 26.0. The van der Waals surface area contributed by atoms with Crippen LogP contribution < -0.4 is 5.32 Å². The van der Waals surface area contributed by atoms with Gasteiger partial charge in [0.1, 0.15) is 0 Å². The number of morpholine rings is 1. The van der Waals surface area contributed by atoms with Crippen molar-refractivity contribution in [2.24, 2.45) is 0 Å². The van der Waals surface area contributed by atoms with Crippen LogP contribution in [0.4, 0.5) is 5.69 Å². The Balaban J connectivity index is 1.68. The second-order valence-corrected chi connectivity index (χ2v) is 8.71. The summed E-state index contributed by atoms with van der Waals surface area (Å²) in [5.74, 6) is -0.494. The Labute approximate surface area is 170 Å². The number of nitrogens with one attached hydrogen (secondary N) is 1. The number of ether oxygens (including phenoxy) is 1. The van der Waals surface area contributed by atoms with Crippen molar-refractivity contribution in [3.05, 3.63) is 59.7 Å². The van der Waals surface area contributed by atoms with Gasteiger partial charge in [-0.2, -0.15) is 4.31 Å². The van der Waals surface area contributed by atoms with Crippen LogP contribution in [0.2, 0.25) is 0 Å². The molecule has 0 saturated carbocycles. The van der Waals surface area contributed by atoms with E-state index < -0.39 is 10.0 Å². The minimum atomic E-state index is -3.60. The third-order valence-electron chi connectivity index (χ3n) is 4.52. The Kier molecular flexibility index (Phi) is 6.31. The van der Waals surface area contributed by atoms with Crippen molar-refractivity contribution in [1.29, 1.82) is 0 Å². The zero-order valence-electron chi connectivity index (χ0n) is 16.3. The standard InChI is InChI=1S/C20H23N3O5S/c1-22(2)20(25)16-3-7-17(8-4-16)21-19(24)15-5-9-18(10-6-15)29(26,27)23-11-13-28-14-12-23/h3-10H,11-14H2,1-2H3,(H,21,24). The summed E-state index contributed by atoms with van der Waals surface area (Å²) in [6, 6.07) is 12.4. The largest absolute Gasteiger partial charge is 0.379 e. The molecule has 2 aromatic rings. The molecule has 0 atom stereocenters. The summed E-state index contributed by atoms with van der Waals surface area (Å²) in [5.41, 5.74) is 1.39. The average molecular weight is 417 g/mol. The smallest absolute Gasteiger partial charge is 0.255 e. The van der Waals surface area contributed by atoms with E-state index >= 15 is 0 Å². The molecule has 2 amide bonds. The Morgan fingerprint density at radius 2 is 1.48 bits per heavy atom. The van der Waals surface area contributed by atoms with Crippen LogP contribution in [0.3, 0.4) is 0 Å². The fraction of sp³-hybridized carbons (Fsp3) is 0.300. The summed E-state index contributed by atoms with van der Waals surface area (Å²) in [7, 11) is -0.262. The number of rotatable bonds is 5. The molecule has 2 aromatic carbocycles. The van der Waals surface area contributed by atoms with Gasteiger partial charge in [-0.3, -0.25) is 9.59 Å². The van der Waals surface area contributed by atoms with Crippen molar-refractivity contribution < 1.29 is 22.7 Å². The molecule has 9 heteroatoms. The quantitative estimate of drug-likeness (QED) is 0.798. The van der Waals surface area contributed by atoms with Crippen molar-refractivity contribution in [2.75, 3.05) is 45.7 Å². The molecule has 1 saturated heterocycles. The molecule has 1 N–H and O–H groups in total. The number of carbonyl (C=O) groups excluding carboxylic acids is 2. The highest BCUT2D eigenvalue weighted by Gasteiger charge is 2.26. The van der Waals surface area contributed by atoms with Crippen LogP contribution in [-0.2, 0) is 14.8 Å². The second kappa shape index (κ2) is 8.73. The lowest BCUT2D eigenvalue weighted by atomic mass is 10.1. The van der Waals surface area contributed by atoms with E-state index in [-0.39, 0.29) is 16.7 Å². The minimum Gasteiger partial charge on any atom is -0.379 e. The minimum absolute atomic E-state index is 0.125. The fourth-order valence-electron chi connectivity index (χ4n) is 2.87. The van der Waals surface area contributed by atoms with Gasteiger partial charge in [-0.1, -0.05) is 0 Å². The molecule has 8 nitrogen and oxygen atoms in total. The molecule has 1 aliphatic rings. The predicted octanol–water partition coefficient (Wildman–Crippen LogP) is 1.66. The molecular weight excluding hydrogens is 394 g/mol. The van der Waals surface area contributed by atoms with Crippen LogP contribution >= 0.6 is 0 Å². The first-order valence-corrected chi connectivity index (χ1v) is 10.5. The van der Waals surface area contributed by atoms with Gasteiger partial charge in [-0.05, 0) is 48.5 Å². The van der Waals surface area contributed by atoms with E-state index in [1.165, 1.54) is 33.5 Å². The molecule has 0 radical (unpaired) electrons. The lowest BCUT2D eigenvalue weighted by molar-refractivity contribution is 0.0730. The van der Waals surface area contributed by atoms with Gasteiger partial charge >= 0.3 is 0 Å². The third-order valence-corrected chi connectivity index (χ3v) is 6.43. The molecule has 0 unspecified atom stereocenters. The monoisotopic (exact) mass is 417 g/mol. The van der Waals surface area contributed by atoms with Gasteiger partial charge in [0, 0.05) is 44.0 Å². The molecule has 3 rings (SSSR count). The van der Waals surface area contributed by atoms with Crippen molar-refractivity contribution in [3.8, 4) is 0 Å². The van der Waals surface area contributed by atoms with E-state index in [1.807, 2.05) is 0 Å². The molecule has 0 aliphatic carbocycles. The van der Waals surface area contributed by atoms with E-state index in [0.717, 1.165) is 0 Å². The first-order chi connectivity index (χ1) is 13.8. The molecule has 1 heterocycles. The summed E-state index contributed by atoms with van der Waals surface area (Å²) < 4.78 is 31.8. The van der Waals surface area contributed by atoms with Gasteiger partial charge in [0.2, 0.25) is 10.0 Å². The number of carbonyl (C=O) groups is 2. The number of nitrogens with zero attached hydrogens (tertiary/aromatic N) is 2. The maximum atomic E-state index is 12.6. The number of benzene rings is 2. The molecule has 1 fully saturated rings. The Hall–Kier alpha value is -2.75. The van der Waals surface area contributed by atoms with Gasteiger partial charge < -0.3 is 15.0 Å². The second-order valence-electron chi connectivity index (χ2n) is 6.77. The SMILES string of the molecule is CN(C)C(=O)c1ccc(NC(=O)c2ccc(S(=O)(=O)N3CCOCC3)cc2)cc1. The van der Waals surface area contributed by atoms with Crippen LogP contribution in [-0.4, -0.2) is 69.8 Å². The van der Waals surface area contributed by atoms with E-state index in [4.69, 9.17) is 4.74 Å². The Morgan fingerprint density at radius 3 is 2.03 bits per heavy atom. The third kappa shape index (κ3) is 4.81. The van der Waals surface area contributed by atoms with E-state index in [9.17, 15) is 18.0 Å². The summed E-state index contributed by atoms with van der Waals surface area (Å²) in [6.07, 6.45) is 0. The first kappa shape index (κ1) is 21.0. The zero-order valence-corrected chi connectivity index (χ0v) is 17.1. The average Bonchev–Trinajstić information content (AvgIpc) is 2.74. The zero-order chi connectivity index (χ0) is 21.0. The topological polar surface area (TPSA) is 96.0 Å². The normalized spacial score (nSPS) is 15.0. The van der Waals surface area contributed by atoms with E-state index in [1.54, 1.807) is 38.4 Å². The van der Waals surface area contributed by atoms with Gasteiger partial charge in [0.15, 0.2) is 0 Å². The number of hydrogen-bond donors (Lipinski definition) is 1. The molecule has 0 spiro atoms. The number of anilines is 1. The van der Waals surface area contributed by atoms with Crippen LogP contribution in [0.5, 0.6) is 0 Å². The van der Waals surface area contributed by atoms with Gasteiger partial charge in [0.05, 0.1) is 18.1 Å². The van der Waals surface area contributed by atoms with Gasteiger partial charge in [-0.25, -0.2) is 8.42 Å². The highest BCUT2D eigenvalue weighted by atomic mass is 32.2. The van der Waals surface area contributed by atoms with Crippen molar-refractivity contribution in [2.45, 2.75) is 4.90 Å². The highest BCUT2D eigenvalue weighted by molar-refractivity contribution is 7.89. The molecule has 0 aromatic heterocycles. The molecular formula is C20H23N3O5S. The number of hydrogen-bond acceptors (Lipinski definition) is 5. The molecule has 154 valence electrons. The number of amides is 2. The van der Waals surface area contributed by atoms with Crippen molar-refractivity contribution in [1.82, 2.24) is 9.21 Å². The maximum absolute atomic E-state index is 12.6. The molecule has 0 bridgehead atoms. The Morgan fingerprint density at radius 1 is 0.931 bits per heavy atom. The predicted molar refractivity (Wildman–Crippen MR) is 108 cm³/mol. The summed E-state index contributed by atoms with van der Waals surface area (Å²) in [5, 5.41) is 2.73. The van der Waals surface area contributed by atoms with Gasteiger partial charge in [0.25, 0.3) is 11.8 Å². The molecule has 29 heavy (non-hydrogen) atoms. The van der Waals surface area contributed by atoms with E-state index in [2.05, 4.69) is 5.32 Å². The van der Waals surface area contributed by atoms with Crippen LogP contribution in [0.15, 0.2) is 53.4 Å². The highest BCUT2D eigenvalue weighted by Crippen LogP contribution is 2.19. The summed E-state index contributed by atoms with van der Waals surface area (Å²) >= 11 is 0. The maximum Gasteiger partial charge on any atom is 0.255 e. The van der Waals surface area contributed by atoms with Crippen LogP contribution in [0, 0.1) is 0 Å². The van der Waals surface area contributed by atoms with Crippen LogP contribution in [0.1, 0.15) is 20.7 Å². The summed E-state index contributed by atoms with van der Waals surface area (Å²) in [6.45, 7) is 1.38. The van der Waals surface area contributed by atoms with Crippen molar-refractivity contribution in [3.63, 3.8) is 0 Å². The van der Waals surface area contributed by atoms with Crippen LogP contribution in [0.25, 0.3) is 0 Å². The Bertz CT molecular complexity index is 980. The first-order valence-electron chi connectivity index (χ1n) is 9.10. The lowest BCUT2D eigenvalue weighted by Gasteiger charge is -2.26. The fourth-order valence-corrected chi connectivity index (χ4v) is 4.28. The van der Waals surface area contributed by atoms with Crippen molar-refractivity contribution >= 4 is 27.5 Å². The van der Waals surface area contributed by atoms with Gasteiger partial charge in [-0.15, -0.1) is 0 Å².